The number of hydrogen-bond acceptors (Lipinski definition) is 10. The first-order chi connectivity index (χ1) is 7.68. The predicted octanol–water partition coefficient (Wildman–Crippen LogP) is -4.48. The zero-order valence-corrected chi connectivity index (χ0v) is 14.1. The molecule has 0 heterocycles. The first kappa shape index (κ1) is 17.8. The van der Waals surface area contributed by atoms with E-state index >= 15 is 0 Å². The number of rotatable bonds is 11. The Hall–Kier alpha value is 1.75. The molecule has 14 heteroatoms. The van der Waals surface area contributed by atoms with Crippen molar-refractivity contribution in [3.8, 4) is 0 Å². The van der Waals surface area contributed by atoms with Gasteiger partial charge in [0.05, 0.1) is 0 Å². The molecule has 11 nitrogen and oxygen atoms in total. The summed E-state index contributed by atoms with van der Waals surface area (Å²) in [6.07, 6.45) is 0. The Morgan fingerprint density at radius 2 is 2.06 bits per heavy atom. The fourth-order valence-corrected chi connectivity index (χ4v) is 1.24. The van der Waals surface area contributed by atoms with E-state index in [1.807, 2.05) is 11.3 Å². The maximum absolute atomic E-state index is 6.61. The monoisotopic (exact) mass is 582 g/mol. The number of halogens is 3. The number of methoxy groups -OCH3 is 1. The van der Waals surface area contributed by atoms with Gasteiger partial charge in [-0.2, -0.15) is 0 Å². The second kappa shape index (κ2) is 11.8. The van der Waals surface area contributed by atoms with Gasteiger partial charge in [-0.05, 0) is 0 Å². The van der Waals surface area contributed by atoms with Gasteiger partial charge in [0.25, 0.3) is 0 Å². The minimum absolute atomic E-state index is 0.878. The van der Waals surface area contributed by atoms with Crippen molar-refractivity contribution in [1.82, 2.24) is 22.4 Å². The third-order valence-corrected chi connectivity index (χ3v) is 3.12. The van der Waals surface area contributed by atoms with E-state index in [-0.39, 0.29) is 0 Å². The molecule has 0 aromatic carbocycles. The van der Waals surface area contributed by atoms with Crippen molar-refractivity contribution in [3.05, 3.63) is 0 Å². The quantitative estimate of drug-likeness (QED) is 0.0361. The van der Waals surface area contributed by atoms with Crippen molar-refractivity contribution in [2.45, 2.75) is 3.92 Å². The summed E-state index contributed by atoms with van der Waals surface area (Å²) in [5.41, 5.74) is 7.90. The van der Waals surface area contributed by atoms with E-state index in [1.54, 1.807) is 51.2 Å². The summed E-state index contributed by atoms with van der Waals surface area (Å²) < 4.78 is 12.6. The Bertz CT molecular complexity index is 169. The van der Waals surface area contributed by atoms with Crippen LogP contribution in [0.4, 0.5) is 0 Å². The van der Waals surface area contributed by atoms with Gasteiger partial charge < -0.3 is 0 Å². The van der Waals surface area contributed by atoms with Gasteiger partial charge in [0.15, 0.2) is 0 Å². The van der Waals surface area contributed by atoms with E-state index in [0.717, 1.165) is 0 Å². The molecular formula is C2H9I3N4O7. The van der Waals surface area contributed by atoms with Crippen LogP contribution in [0.2, 0.25) is 0 Å². The van der Waals surface area contributed by atoms with Crippen molar-refractivity contribution in [3.63, 3.8) is 0 Å². The van der Waals surface area contributed by atoms with Crippen LogP contribution in [0.3, 0.4) is 0 Å². The van der Waals surface area contributed by atoms with Gasteiger partial charge >= 0.3 is 130 Å². The standard InChI is InChI=1S/C2H8I3N4O7/c1-11-2(3,12-7-10)6-15-9-16-8-14-5-13-4/h6-10H,1H3/q-1/p+1/t2-/m0/s1. The summed E-state index contributed by atoms with van der Waals surface area (Å²) >= 11 is 2.50. The number of ether oxygens (including phenoxy) is 1. The van der Waals surface area contributed by atoms with Crippen molar-refractivity contribution < 1.29 is 51.3 Å². The third-order valence-electron chi connectivity index (χ3n) is 0.830. The van der Waals surface area contributed by atoms with Crippen molar-refractivity contribution >= 4 is 45.6 Å². The second-order valence-corrected chi connectivity index (χ2v) is 6.40. The third kappa shape index (κ3) is 9.75. The molecule has 1 atom stereocenters. The Balaban J connectivity index is 3.41. The first-order valence-corrected chi connectivity index (χ1v) is 6.91. The molecule has 0 spiro atoms. The minimum atomic E-state index is -1.39. The van der Waals surface area contributed by atoms with Gasteiger partial charge in [0.1, 0.15) is 0 Å². The summed E-state index contributed by atoms with van der Waals surface area (Å²) in [4.78, 5) is 13.6. The van der Waals surface area contributed by atoms with Crippen LogP contribution >= 0.6 is 45.6 Å². The van der Waals surface area contributed by atoms with Crippen LogP contribution in [0.5, 0.6) is 0 Å². The van der Waals surface area contributed by atoms with Gasteiger partial charge in [0, 0.05) is 0 Å². The molecule has 16 heavy (non-hydrogen) atoms. The van der Waals surface area contributed by atoms with E-state index < -0.39 is 26.0 Å². The Kier molecular flexibility index (Phi) is 13.1. The zero-order chi connectivity index (χ0) is 12.3. The summed E-state index contributed by atoms with van der Waals surface area (Å²) in [7, 11) is 1.34. The SMILES string of the molecule is CO[C@](I)(NONONO[I-]OI)ON[OH2+]. The topological polar surface area (TPSA) is 126 Å². The van der Waals surface area contributed by atoms with E-state index in [4.69, 9.17) is 9.94 Å². The molecule has 0 saturated carbocycles. The number of hydroxylamine groups is 1. The van der Waals surface area contributed by atoms with Crippen LogP contribution in [0, 0.1) is 0 Å². The van der Waals surface area contributed by atoms with Crippen molar-refractivity contribution in [2.75, 3.05) is 7.11 Å². The van der Waals surface area contributed by atoms with E-state index in [9.17, 15) is 0 Å². The normalized spacial score (nSPS) is 15.2. The molecule has 0 amide bonds. The summed E-state index contributed by atoms with van der Waals surface area (Å²) in [5, 5.41) is 6.61. The van der Waals surface area contributed by atoms with Crippen LogP contribution < -0.4 is 44.4 Å². The molecule has 0 aromatic rings. The van der Waals surface area contributed by atoms with Gasteiger partial charge in [-0.1, -0.05) is 0 Å². The number of hydrogen-bond donors (Lipinski definition) is 4. The summed E-state index contributed by atoms with van der Waals surface area (Å²) in [6, 6.07) is 0. The fraction of sp³-hybridized carbons (Fsp3) is 1.00. The van der Waals surface area contributed by atoms with Crippen LogP contribution in [-0.2, 0) is 24.0 Å². The van der Waals surface area contributed by atoms with Crippen LogP contribution in [0.25, 0.3) is 0 Å². The molecule has 0 aliphatic carbocycles. The first-order valence-electron chi connectivity index (χ1n) is 3.19. The van der Waals surface area contributed by atoms with Gasteiger partial charge in [0.2, 0.25) is 0 Å². The molecule has 100 valence electrons. The molecule has 0 radical (unpaired) electrons. The van der Waals surface area contributed by atoms with Crippen molar-refractivity contribution in [2.24, 2.45) is 0 Å². The average molecular weight is 582 g/mol. The van der Waals surface area contributed by atoms with Gasteiger partial charge in [-0.25, -0.2) is 0 Å². The second-order valence-electron chi connectivity index (χ2n) is 1.62. The number of alkyl halides is 1. The molecule has 0 rings (SSSR count). The van der Waals surface area contributed by atoms with Crippen molar-refractivity contribution in [1.29, 1.82) is 0 Å². The summed E-state index contributed by atoms with van der Waals surface area (Å²) in [6.45, 7) is 0. The molecule has 0 aliphatic heterocycles. The van der Waals surface area contributed by atoms with E-state index in [2.05, 4.69) is 24.8 Å². The maximum atomic E-state index is 6.61. The molecule has 0 aliphatic rings. The molecule has 0 unspecified atom stereocenters. The molecule has 0 aromatic heterocycles. The Labute approximate surface area is 129 Å². The predicted molar refractivity (Wildman–Crippen MR) is 59.4 cm³/mol. The molecule has 0 bridgehead atoms. The Morgan fingerprint density at radius 3 is 2.62 bits per heavy atom. The zero-order valence-electron chi connectivity index (χ0n) is 7.58. The number of nitrogens with one attached hydrogen (secondary N) is 4. The van der Waals surface area contributed by atoms with Gasteiger partial charge in [-0.3, -0.25) is 0 Å². The Morgan fingerprint density at radius 1 is 1.31 bits per heavy atom. The molecular weight excluding hydrogens is 573 g/mol. The summed E-state index contributed by atoms with van der Waals surface area (Å²) in [5.74, 6) is 0. The van der Waals surface area contributed by atoms with Crippen LogP contribution in [0.1, 0.15) is 0 Å². The average Bonchev–Trinajstić information content (AvgIpc) is 2.28. The van der Waals surface area contributed by atoms with E-state index in [1.165, 1.54) is 7.11 Å². The molecule has 0 fully saturated rings. The van der Waals surface area contributed by atoms with Crippen LogP contribution in [-0.4, -0.2) is 16.2 Å². The van der Waals surface area contributed by atoms with Gasteiger partial charge in [-0.15, -0.1) is 0 Å². The fourth-order valence-electron chi connectivity index (χ4n) is 0.330. The van der Waals surface area contributed by atoms with E-state index in [0.29, 0.717) is 0 Å². The van der Waals surface area contributed by atoms with Crippen LogP contribution in [0.15, 0.2) is 0 Å². The molecule has 6 N–H and O–H groups in total. The molecule has 0 saturated heterocycles.